The number of carbonyl (C=O) groups excluding carboxylic acids is 1. The summed E-state index contributed by atoms with van der Waals surface area (Å²) in [4.78, 5) is 10.3. The average Bonchev–Trinajstić information content (AvgIpc) is 2.82. The largest absolute Gasteiger partial charge is 0.488 e. The molecule has 0 bridgehead atoms. The van der Waals surface area contributed by atoms with Crippen molar-refractivity contribution in [2.75, 3.05) is 11.5 Å². The molecule has 0 radical (unpaired) electrons. The van der Waals surface area contributed by atoms with Gasteiger partial charge in [0.05, 0.1) is 5.02 Å². The molecule has 92 valence electrons. The molecule has 1 aromatic carbocycles. The zero-order chi connectivity index (χ0) is 12.1. The third-order valence-electron chi connectivity index (χ3n) is 2.73. The first-order valence-corrected chi connectivity index (χ1v) is 7.29. The van der Waals surface area contributed by atoms with Gasteiger partial charge in [-0.3, -0.25) is 0 Å². The second-order valence-electron chi connectivity index (χ2n) is 4.07. The van der Waals surface area contributed by atoms with E-state index in [1.54, 1.807) is 0 Å². The van der Waals surface area contributed by atoms with Crippen molar-refractivity contribution in [3.05, 3.63) is 28.8 Å². The maximum atomic E-state index is 10.3. The molecule has 0 aromatic heterocycles. The Balaban J connectivity index is 2.00. The molecule has 1 unspecified atom stereocenters. The van der Waals surface area contributed by atoms with Crippen LogP contribution in [0.5, 0.6) is 5.75 Å². The van der Waals surface area contributed by atoms with Crippen molar-refractivity contribution in [1.82, 2.24) is 0 Å². The number of aldehydes is 1. The highest BCUT2D eigenvalue weighted by molar-refractivity contribution is 7.99. The molecule has 1 heterocycles. The van der Waals surface area contributed by atoms with Crippen LogP contribution in [0.25, 0.3) is 0 Å². The minimum absolute atomic E-state index is 0.290. The summed E-state index contributed by atoms with van der Waals surface area (Å²) in [5.74, 6) is 2.97. The smallest absolute Gasteiger partial charge is 0.138 e. The quantitative estimate of drug-likeness (QED) is 0.768. The number of aryl methyl sites for hydroxylation is 1. The molecule has 0 N–H and O–H groups in total. The maximum Gasteiger partial charge on any atom is 0.138 e. The summed E-state index contributed by atoms with van der Waals surface area (Å²) in [5.41, 5.74) is 1.08. The van der Waals surface area contributed by atoms with Gasteiger partial charge in [-0.15, -0.1) is 0 Å². The van der Waals surface area contributed by atoms with E-state index in [9.17, 15) is 4.79 Å². The van der Waals surface area contributed by atoms with Crippen molar-refractivity contribution in [3.63, 3.8) is 0 Å². The van der Waals surface area contributed by atoms with Gasteiger partial charge in [-0.1, -0.05) is 17.7 Å². The van der Waals surface area contributed by atoms with Crippen molar-refractivity contribution in [1.29, 1.82) is 0 Å². The Kier molecular flexibility index (Phi) is 4.75. The van der Waals surface area contributed by atoms with Crippen molar-refractivity contribution in [2.45, 2.75) is 25.4 Å². The first kappa shape index (κ1) is 12.8. The minimum atomic E-state index is 0.290. The lowest BCUT2D eigenvalue weighted by Gasteiger charge is -2.14. The van der Waals surface area contributed by atoms with E-state index in [1.165, 1.54) is 5.75 Å². The first-order valence-electron chi connectivity index (χ1n) is 5.76. The third kappa shape index (κ3) is 3.65. The number of hydrogen-bond donors (Lipinski definition) is 0. The maximum absolute atomic E-state index is 10.3. The van der Waals surface area contributed by atoms with Crippen LogP contribution in [0.1, 0.15) is 18.4 Å². The summed E-state index contributed by atoms with van der Waals surface area (Å²) in [6, 6.07) is 5.78. The van der Waals surface area contributed by atoms with Gasteiger partial charge in [-0.05, 0) is 36.3 Å². The molecule has 17 heavy (non-hydrogen) atoms. The van der Waals surface area contributed by atoms with Crippen LogP contribution < -0.4 is 4.74 Å². The van der Waals surface area contributed by atoms with E-state index >= 15 is 0 Å². The average molecular weight is 271 g/mol. The topological polar surface area (TPSA) is 26.3 Å². The Hall–Kier alpha value is -0.670. The molecule has 2 nitrogen and oxygen atoms in total. The fraction of sp³-hybridized carbons (Fsp3) is 0.462. The lowest BCUT2D eigenvalue weighted by Crippen LogP contribution is -2.14. The zero-order valence-electron chi connectivity index (χ0n) is 9.52. The molecule has 4 heteroatoms. The zero-order valence-corrected chi connectivity index (χ0v) is 11.1. The predicted molar refractivity (Wildman–Crippen MR) is 72.2 cm³/mol. The van der Waals surface area contributed by atoms with Gasteiger partial charge in [0.25, 0.3) is 0 Å². The fourth-order valence-corrected chi connectivity index (χ4v) is 3.15. The van der Waals surface area contributed by atoms with Gasteiger partial charge >= 0.3 is 0 Å². The van der Waals surface area contributed by atoms with Crippen LogP contribution >= 0.6 is 23.4 Å². The van der Waals surface area contributed by atoms with Crippen molar-refractivity contribution in [2.24, 2.45) is 0 Å². The standard InChI is InChI=1S/C13H15ClO2S/c14-12-8-10(2-1-6-15)3-4-13(12)16-11-5-7-17-9-11/h3-4,6,8,11H,1-2,5,7,9H2. The van der Waals surface area contributed by atoms with Gasteiger partial charge in [0, 0.05) is 12.2 Å². The minimum Gasteiger partial charge on any atom is -0.488 e. The monoisotopic (exact) mass is 270 g/mol. The Morgan fingerprint density at radius 3 is 3.06 bits per heavy atom. The lowest BCUT2D eigenvalue weighted by molar-refractivity contribution is -0.107. The van der Waals surface area contributed by atoms with Gasteiger partial charge in [0.2, 0.25) is 0 Å². The van der Waals surface area contributed by atoms with Crippen molar-refractivity contribution < 1.29 is 9.53 Å². The molecule has 1 atom stereocenters. The molecule has 1 aliphatic heterocycles. The van der Waals surface area contributed by atoms with Crippen LogP contribution in [0.4, 0.5) is 0 Å². The SMILES string of the molecule is O=CCCc1ccc(OC2CCSC2)c(Cl)c1. The highest BCUT2D eigenvalue weighted by Crippen LogP contribution is 2.30. The van der Waals surface area contributed by atoms with Crippen LogP contribution in [-0.4, -0.2) is 23.9 Å². The van der Waals surface area contributed by atoms with Gasteiger partial charge in [-0.25, -0.2) is 0 Å². The van der Waals surface area contributed by atoms with Gasteiger partial charge in [0.1, 0.15) is 18.1 Å². The molecular weight excluding hydrogens is 256 g/mol. The van der Waals surface area contributed by atoms with E-state index in [-0.39, 0.29) is 0 Å². The number of ether oxygens (including phenoxy) is 1. The summed E-state index contributed by atoms with van der Waals surface area (Å²) in [7, 11) is 0. The highest BCUT2D eigenvalue weighted by Gasteiger charge is 2.18. The Morgan fingerprint density at radius 1 is 1.53 bits per heavy atom. The predicted octanol–water partition coefficient (Wildman–Crippen LogP) is 3.36. The normalized spacial score (nSPS) is 19.2. The molecule has 1 aliphatic rings. The summed E-state index contributed by atoms with van der Waals surface area (Å²) in [6.07, 6.45) is 3.58. The number of hydrogen-bond acceptors (Lipinski definition) is 3. The molecule has 0 spiro atoms. The molecular formula is C13H15ClO2S. The highest BCUT2D eigenvalue weighted by atomic mass is 35.5. The second kappa shape index (κ2) is 6.31. The van der Waals surface area contributed by atoms with E-state index in [4.69, 9.17) is 16.3 Å². The molecule has 0 aliphatic carbocycles. The van der Waals surface area contributed by atoms with Crippen molar-refractivity contribution in [3.8, 4) is 5.75 Å². The third-order valence-corrected chi connectivity index (χ3v) is 4.16. The van der Waals surface area contributed by atoms with Crippen LogP contribution in [0.2, 0.25) is 5.02 Å². The molecule has 1 aromatic rings. The van der Waals surface area contributed by atoms with Crippen LogP contribution in [-0.2, 0) is 11.2 Å². The molecule has 1 saturated heterocycles. The molecule has 0 saturated carbocycles. The number of benzene rings is 1. The Bertz CT molecular complexity index is 389. The summed E-state index contributed by atoms with van der Waals surface area (Å²) >= 11 is 8.08. The van der Waals surface area contributed by atoms with E-state index < -0.39 is 0 Å². The van der Waals surface area contributed by atoms with Crippen LogP contribution in [0, 0.1) is 0 Å². The van der Waals surface area contributed by atoms with E-state index in [0.29, 0.717) is 17.5 Å². The molecule has 1 fully saturated rings. The molecule has 0 amide bonds. The Morgan fingerprint density at radius 2 is 2.41 bits per heavy atom. The van der Waals surface area contributed by atoms with E-state index in [2.05, 4.69) is 0 Å². The fourth-order valence-electron chi connectivity index (χ4n) is 1.81. The van der Waals surface area contributed by atoms with E-state index in [0.717, 1.165) is 36.2 Å². The Labute approximate surface area is 111 Å². The van der Waals surface area contributed by atoms with Gasteiger partial charge in [0.15, 0.2) is 0 Å². The van der Waals surface area contributed by atoms with Gasteiger partial charge in [-0.2, -0.15) is 11.8 Å². The van der Waals surface area contributed by atoms with Crippen LogP contribution in [0.15, 0.2) is 18.2 Å². The summed E-state index contributed by atoms with van der Waals surface area (Å²) in [5, 5.41) is 0.644. The first-order chi connectivity index (χ1) is 8.29. The van der Waals surface area contributed by atoms with E-state index in [1.807, 2.05) is 30.0 Å². The summed E-state index contributed by atoms with van der Waals surface area (Å²) < 4.78 is 5.84. The number of thioether (sulfide) groups is 1. The van der Waals surface area contributed by atoms with Crippen LogP contribution in [0.3, 0.4) is 0 Å². The number of carbonyl (C=O) groups is 1. The number of rotatable bonds is 5. The number of halogens is 1. The second-order valence-corrected chi connectivity index (χ2v) is 5.63. The summed E-state index contributed by atoms with van der Waals surface area (Å²) in [6.45, 7) is 0. The van der Waals surface area contributed by atoms with Crippen molar-refractivity contribution >= 4 is 29.6 Å². The lowest BCUT2D eigenvalue weighted by atomic mass is 10.1. The molecule has 2 rings (SSSR count). The van der Waals surface area contributed by atoms with Gasteiger partial charge < -0.3 is 9.53 Å².